The molecule has 0 heterocycles. The third kappa shape index (κ3) is 3.34. The molecule has 1 aromatic carbocycles. The van der Waals surface area contributed by atoms with Crippen molar-refractivity contribution in [3.8, 4) is 0 Å². The lowest BCUT2D eigenvalue weighted by Gasteiger charge is -2.16. The van der Waals surface area contributed by atoms with Crippen molar-refractivity contribution in [3.63, 3.8) is 0 Å². The number of benzene rings is 1. The number of hydrogen-bond acceptors (Lipinski definition) is 3. The van der Waals surface area contributed by atoms with Gasteiger partial charge < -0.3 is 15.1 Å². The molecule has 1 atom stereocenters. The summed E-state index contributed by atoms with van der Waals surface area (Å²) in [6, 6.07) is 6.27. The van der Waals surface area contributed by atoms with E-state index in [9.17, 15) is 9.90 Å². The highest BCUT2D eigenvalue weighted by atomic mass is 16.4. The fourth-order valence-electron chi connectivity index (χ4n) is 1.30. The van der Waals surface area contributed by atoms with Crippen LogP contribution in [0.4, 0.5) is 0 Å². The van der Waals surface area contributed by atoms with Crippen LogP contribution in [0.3, 0.4) is 0 Å². The number of carboxylic acid groups (broad SMARTS) is 1. The zero-order chi connectivity index (χ0) is 11.4. The molecule has 0 amide bonds. The maximum absolute atomic E-state index is 10.6. The molecule has 1 unspecified atom stereocenters. The monoisotopic (exact) mass is 209 g/mol. The fourth-order valence-corrected chi connectivity index (χ4v) is 1.30. The zero-order valence-corrected chi connectivity index (χ0v) is 8.84. The molecule has 0 fully saturated rings. The second-order valence-corrected chi connectivity index (χ2v) is 3.71. The zero-order valence-electron chi connectivity index (χ0n) is 8.84. The minimum absolute atomic E-state index is 0.232. The summed E-state index contributed by atoms with van der Waals surface area (Å²) in [6.45, 7) is 0.520. The number of aliphatic hydroxyl groups is 1. The van der Waals surface area contributed by atoms with Gasteiger partial charge in [0.05, 0.1) is 11.7 Å². The van der Waals surface area contributed by atoms with Gasteiger partial charge in [-0.25, -0.2) is 4.79 Å². The third-order valence-electron chi connectivity index (χ3n) is 2.08. The highest BCUT2D eigenvalue weighted by Crippen LogP contribution is 2.14. The van der Waals surface area contributed by atoms with Crippen molar-refractivity contribution < 1.29 is 15.0 Å². The van der Waals surface area contributed by atoms with Gasteiger partial charge in [0.2, 0.25) is 0 Å². The van der Waals surface area contributed by atoms with E-state index in [0.717, 1.165) is 5.56 Å². The summed E-state index contributed by atoms with van der Waals surface area (Å²) in [5.41, 5.74) is 0.963. The highest BCUT2D eigenvalue weighted by Gasteiger charge is 2.09. The number of carbonyl (C=O) groups is 1. The van der Waals surface area contributed by atoms with Crippen LogP contribution in [-0.4, -0.2) is 41.7 Å². The molecular formula is C11H15NO3. The van der Waals surface area contributed by atoms with Gasteiger partial charge in [0.25, 0.3) is 0 Å². The van der Waals surface area contributed by atoms with Crippen molar-refractivity contribution in [3.05, 3.63) is 35.4 Å². The van der Waals surface area contributed by atoms with E-state index in [-0.39, 0.29) is 5.56 Å². The predicted molar refractivity (Wildman–Crippen MR) is 56.9 cm³/mol. The average molecular weight is 209 g/mol. The van der Waals surface area contributed by atoms with Crippen LogP contribution in [0.5, 0.6) is 0 Å². The van der Waals surface area contributed by atoms with Crippen LogP contribution < -0.4 is 0 Å². The number of aromatic carboxylic acids is 1. The largest absolute Gasteiger partial charge is 0.478 e. The lowest BCUT2D eigenvalue weighted by Crippen LogP contribution is -2.20. The molecule has 0 radical (unpaired) electrons. The average Bonchev–Trinajstić information content (AvgIpc) is 2.17. The van der Waals surface area contributed by atoms with E-state index >= 15 is 0 Å². The Bertz CT molecular complexity index is 332. The highest BCUT2D eigenvalue weighted by molar-refractivity contribution is 5.87. The van der Waals surface area contributed by atoms with Gasteiger partial charge in [0.15, 0.2) is 0 Å². The fraction of sp³-hybridized carbons (Fsp3) is 0.364. The maximum atomic E-state index is 10.6. The Balaban J connectivity index is 2.75. The number of hydrogen-bond donors (Lipinski definition) is 2. The van der Waals surface area contributed by atoms with Crippen LogP contribution in [0, 0.1) is 0 Å². The normalized spacial score (nSPS) is 12.8. The summed E-state index contributed by atoms with van der Waals surface area (Å²) in [7, 11) is 3.74. The molecule has 0 aliphatic carbocycles. The van der Waals surface area contributed by atoms with E-state index in [1.54, 1.807) is 12.1 Å². The Kier molecular flexibility index (Phi) is 3.82. The van der Waals surface area contributed by atoms with Gasteiger partial charge in [-0.1, -0.05) is 12.1 Å². The first kappa shape index (κ1) is 11.7. The molecule has 15 heavy (non-hydrogen) atoms. The van der Waals surface area contributed by atoms with Crippen molar-refractivity contribution in [1.82, 2.24) is 4.90 Å². The molecule has 1 aromatic rings. The third-order valence-corrected chi connectivity index (χ3v) is 2.08. The SMILES string of the molecule is CN(C)CC(O)c1ccc(C(=O)O)cc1. The molecule has 2 N–H and O–H groups in total. The van der Waals surface area contributed by atoms with Gasteiger partial charge >= 0.3 is 5.97 Å². The van der Waals surface area contributed by atoms with Gasteiger partial charge in [-0.2, -0.15) is 0 Å². The first-order valence-electron chi connectivity index (χ1n) is 4.66. The first-order chi connectivity index (χ1) is 7.00. The Morgan fingerprint density at radius 1 is 1.33 bits per heavy atom. The molecule has 0 saturated heterocycles. The molecule has 4 nitrogen and oxygen atoms in total. The van der Waals surface area contributed by atoms with Crippen LogP contribution >= 0.6 is 0 Å². The number of carboxylic acids is 1. The van der Waals surface area contributed by atoms with Crippen molar-refractivity contribution in [1.29, 1.82) is 0 Å². The molecule has 0 spiro atoms. The van der Waals surface area contributed by atoms with E-state index < -0.39 is 12.1 Å². The van der Waals surface area contributed by atoms with Gasteiger partial charge in [-0.15, -0.1) is 0 Å². The lowest BCUT2D eigenvalue weighted by molar-refractivity contribution is 0.0696. The molecule has 0 aliphatic heterocycles. The van der Waals surface area contributed by atoms with Gasteiger partial charge in [-0.05, 0) is 31.8 Å². The van der Waals surface area contributed by atoms with Crippen LogP contribution in [0.1, 0.15) is 22.0 Å². The van der Waals surface area contributed by atoms with Gasteiger partial charge in [0, 0.05) is 6.54 Å². The molecule has 0 aromatic heterocycles. The van der Waals surface area contributed by atoms with E-state index in [2.05, 4.69) is 0 Å². The minimum Gasteiger partial charge on any atom is -0.478 e. The topological polar surface area (TPSA) is 60.8 Å². The van der Waals surface area contributed by atoms with E-state index in [1.807, 2.05) is 19.0 Å². The molecule has 82 valence electrons. The van der Waals surface area contributed by atoms with Crippen molar-refractivity contribution in [2.45, 2.75) is 6.10 Å². The number of likely N-dealkylation sites (N-methyl/N-ethyl adjacent to an activating group) is 1. The molecular weight excluding hydrogens is 194 g/mol. The molecule has 1 rings (SSSR count). The van der Waals surface area contributed by atoms with Crippen LogP contribution in [0.2, 0.25) is 0 Å². The number of rotatable bonds is 4. The van der Waals surface area contributed by atoms with Gasteiger partial charge in [0.1, 0.15) is 0 Å². The summed E-state index contributed by atoms with van der Waals surface area (Å²) in [5, 5.41) is 18.4. The second kappa shape index (κ2) is 4.91. The smallest absolute Gasteiger partial charge is 0.335 e. The van der Waals surface area contributed by atoms with Crippen LogP contribution in [0.25, 0.3) is 0 Å². The summed E-state index contributed by atoms with van der Waals surface area (Å²) in [6.07, 6.45) is -0.581. The van der Waals surface area contributed by atoms with Crippen molar-refractivity contribution in [2.24, 2.45) is 0 Å². The Morgan fingerprint density at radius 2 is 1.87 bits per heavy atom. The standard InChI is InChI=1S/C11H15NO3/c1-12(2)7-10(13)8-3-5-9(6-4-8)11(14)15/h3-6,10,13H,7H2,1-2H3,(H,14,15). The molecule has 0 aliphatic rings. The summed E-state index contributed by atoms with van der Waals surface area (Å²) in [4.78, 5) is 12.5. The molecule has 0 saturated carbocycles. The van der Waals surface area contributed by atoms with E-state index in [1.165, 1.54) is 12.1 Å². The van der Waals surface area contributed by atoms with Crippen LogP contribution in [0.15, 0.2) is 24.3 Å². The number of aliphatic hydroxyl groups excluding tert-OH is 1. The summed E-state index contributed by atoms with van der Waals surface area (Å²) >= 11 is 0. The van der Waals surface area contributed by atoms with Crippen LogP contribution in [-0.2, 0) is 0 Å². The summed E-state index contributed by atoms with van der Waals surface area (Å²) in [5.74, 6) is -0.955. The maximum Gasteiger partial charge on any atom is 0.335 e. The van der Waals surface area contributed by atoms with E-state index in [4.69, 9.17) is 5.11 Å². The first-order valence-corrected chi connectivity index (χ1v) is 4.66. The Morgan fingerprint density at radius 3 is 2.27 bits per heavy atom. The predicted octanol–water partition coefficient (Wildman–Crippen LogP) is 0.980. The number of nitrogens with zero attached hydrogens (tertiary/aromatic N) is 1. The van der Waals surface area contributed by atoms with E-state index in [0.29, 0.717) is 6.54 Å². The molecule has 4 heteroatoms. The van der Waals surface area contributed by atoms with Crippen molar-refractivity contribution >= 4 is 5.97 Å². The Labute approximate surface area is 88.8 Å². The second-order valence-electron chi connectivity index (χ2n) is 3.71. The molecule has 0 bridgehead atoms. The lowest BCUT2D eigenvalue weighted by atomic mass is 10.1. The van der Waals surface area contributed by atoms with Gasteiger partial charge in [-0.3, -0.25) is 0 Å². The minimum atomic E-state index is -0.955. The quantitative estimate of drug-likeness (QED) is 0.776. The summed E-state index contributed by atoms with van der Waals surface area (Å²) < 4.78 is 0. The van der Waals surface area contributed by atoms with Crippen molar-refractivity contribution in [2.75, 3.05) is 20.6 Å². The Hall–Kier alpha value is -1.39.